The fourth-order valence-corrected chi connectivity index (χ4v) is 4.17. The van der Waals surface area contributed by atoms with Gasteiger partial charge in [0.2, 0.25) is 21.8 Å². The number of carbonyl (C=O) groups is 2. The van der Waals surface area contributed by atoms with Crippen molar-refractivity contribution in [2.24, 2.45) is 0 Å². The van der Waals surface area contributed by atoms with Gasteiger partial charge in [-0.1, -0.05) is 41.9 Å². The normalized spacial score (nSPS) is 12.7. The molecule has 0 bridgehead atoms. The maximum atomic E-state index is 13.2. The average molecular weight is 506 g/mol. The molecule has 7 nitrogen and oxygen atoms in total. The molecule has 0 spiro atoms. The largest absolute Gasteiger partial charge is 0.416 e. The van der Waals surface area contributed by atoms with Gasteiger partial charge in [-0.2, -0.15) is 13.2 Å². The van der Waals surface area contributed by atoms with Gasteiger partial charge in [-0.25, -0.2) is 8.42 Å². The van der Waals surface area contributed by atoms with Gasteiger partial charge in [0.25, 0.3) is 0 Å². The SMILES string of the molecule is CNC(=O)[C@@H](C)N(Cc1ccccc1)C(=O)CN(c1cc(C(F)(F)F)ccc1Cl)S(C)(=O)=O. The molecule has 33 heavy (non-hydrogen) atoms. The van der Waals surface area contributed by atoms with Gasteiger partial charge in [0.1, 0.15) is 12.6 Å². The molecular formula is C21H23ClF3N3O4S. The van der Waals surface area contributed by atoms with E-state index >= 15 is 0 Å². The lowest BCUT2D eigenvalue weighted by Crippen LogP contribution is -2.50. The van der Waals surface area contributed by atoms with Crippen molar-refractivity contribution in [3.05, 3.63) is 64.7 Å². The Bertz CT molecular complexity index is 1110. The molecule has 0 saturated heterocycles. The van der Waals surface area contributed by atoms with Gasteiger partial charge in [0.15, 0.2) is 0 Å². The zero-order chi connectivity index (χ0) is 25.0. The monoisotopic (exact) mass is 505 g/mol. The summed E-state index contributed by atoms with van der Waals surface area (Å²) in [5.74, 6) is -1.30. The van der Waals surface area contributed by atoms with Crippen LogP contribution in [0, 0.1) is 0 Å². The highest BCUT2D eigenvalue weighted by Gasteiger charge is 2.34. The van der Waals surface area contributed by atoms with Crippen molar-refractivity contribution in [3.63, 3.8) is 0 Å². The van der Waals surface area contributed by atoms with Crippen LogP contribution in [0.4, 0.5) is 18.9 Å². The minimum Gasteiger partial charge on any atom is -0.357 e. The topological polar surface area (TPSA) is 86.8 Å². The molecule has 1 N–H and O–H groups in total. The molecule has 2 aromatic carbocycles. The van der Waals surface area contributed by atoms with Crippen LogP contribution in [0.15, 0.2) is 48.5 Å². The van der Waals surface area contributed by atoms with Crippen LogP contribution in [-0.2, 0) is 32.3 Å². The molecular weight excluding hydrogens is 483 g/mol. The van der Waals surface area contributed by atoms with Crippen molar-refractivity contribution in [3.8, 4) is 0 Å². The molecule has 0 aromatic heterocycles. The molecule has 180 valence electrons. The zero-order valence-corrected chi connectivity index (χ0v) is 19.6. The summed E-state index contributed by atoms with van der Waals surface area (Å²) in [5.41, 5.74) is -0.943. The zero-order valence-electron chi connectivity index (χ0n) is 18.1. The highest BCUT2D eigenvalue weighted by molar-refractivity contribution is 7.92. The summed E-state index contributed by atoms with van der Waals surface area (Å²) in [6.45, 7) is 0.581. The molecule has 12 heteroatoms. The fraction of sp³-hybridized carbons (Fsp3) is 0.333. The van der Waals surface area contributed by atoms with Crippen molar-refractivity contribution < 1.29 is 31.2 Å². The highest BCUT2D eigenvalue weighted by Crippen LogP contribution is 2.36. The van der Waals surface area contributed by atoms with Gasteiger partial charge >= 0.3 is 6.18 Å². The van der Waals surface area contributed by atoms with Crippen molar-refractivity contribution in [1.82, 2.24) is 10.2 Å². The predicted octanol–water partition coefficient (Wildman–Crippen LogP) is 3.29. The minimum absolute atomic E-state index is 0.0256. The first kappa shape index (κ1) is 26.5. The van der Waals surface area contributed by atoms with Crippen LogP contribution < -0.4 is 9.62 Å². The lowest BCUT2D eigenvalue weighted by Gasteiger charge is -2.31. The Hall–Kier alpha value is -2.79. The molecule has 0 aliphatic rings. The number of nitrogens with zero attached hydrogens (tertiary/aromatic N) is 2. The average Bonchev–Trinajstić information content (AvgIpc) is 2.74. The second-order valence-corrected chi connectivity index (χ2v) is 9.55. The van der Waals surface area contributed by atoms with Gasteiger partial charge in [0.05, 0.1) is 22.5 Å². The molecule has 2 amide bonds. The third-order valence-corrected chi connectivity index (χ3v) is 6.28. The summed E-state index contributed by atoms with van der Waals surface area (Å²) < 4.78 is 65.0. The number of benzene rings is 2. The number of sulfonamides is 1. The highest BCUT2D eigenvalue weighted by atomic mass is 35.5. The molecule has 0 unspecified atom stereocenters. The van der Waals surface area contributed by atoms with E-state index in [0.717, 1.165) is 17.2 Å². The Morgan fingerprint density at radius 3 is 2.24 bits per heavy atom. The quantitative estimate of drug-likeness (QED) is 0.596. The Kier molecular flexibility index (Phi) is 8.36. The van der Waals surface area contributed by atoms with E-state index in [1.54, 1.807) is 30.3 Å². The lowest BCUT2D eigenvalue weighted by atomic mass is 10.1. The van der Waals surface area contributed by atoms with E-state index < -0.39 is 51.9 Å². The smallest absolute Gasteiger partial charge is 0.357 e. The maximum absolute atomic E-state index is 13.2. The number of hydrogen-bond acceptors (Lipinski definition) is 4. The number of halogens is 4. The summed E-state index contributed by atoms with van der Waals surface area (Å²) in [6, 6.07) is 9.87. The number of carbonyl (C=O) groups excluding carboxylic acids is 2. The lowest BCUT2D eigenvalue weighted by molar-refractivity contribution is -0.139. The van der Waals surface area contributed by atoms with Gasteiger partial charge in [-0.3, -0.25) is 13.9 Å². The second-order valence-electron chi connectivity index (χ2n) is 7.23. The molecule has 0 aliphatic carbocycles. The van der Waals surface area contributed by atoms with Crippen LogP contribution in [-0.4, -0.2) is 51.0 Å². The van der Waals surface area contributed by atoms with Crippen molar-refractivity contribution in [2.45, 2.75) is 25.7 Å². The van der Waals surface area contributed by atoms with E-state index in [0.29, 0.717) is 22.0 Å². The Morgan fingerprint density at radius 2 is 1.73 bits per heavy atom. The second kappa shape index (κ2) is 10.4. The standard InChI is InChI=1S/C21H23ClF3N3O4S/c1-14(20(30)26-2)27(12-15-7-5-4-6-8-15)19(29)13-28(33(3,31)32)18-11-16(21(23,24)25)9-10-17(18)22/h4-11,14H,12-13H2,1-3H3,(H,26,30)/t14-/m1/s1. The van der Waals surface area contributed by atoms with Gasteiger partial charge in [0, 0.05) is 13.6 Å². The molecule has 0 saturated carbocycles. The van der Waals surface area contributed by atoms with Crippen LogP contribution in [0.3, 0.4) is 0 Å². The summed E-state index contributed by atoms with van der Waals surface area (Å²) >= 11 is 6.01. The first-order chi connectivity index (χ1) is 15.3. The van der Waals surface area contributed by atoms with Gasteiger partial charge < -0.3 is 10.2 Å². The van der Waals surface area contributed by atoms with Crippen LogP contribution in [0.5, 0.6) is 0 Å². The number of amides is 2. The number of rotatable bonds is 8. The maximum Gasteiger partial charge on any atom is 0.416 e. The van der Waals surface area contributed by atoms with E-state index in [1.807, 2.05) is 0 Å². The molecule has 0 radical (unpaired) electrons. The molecule has 0 aliphatic heterocycles. The van der Waals surface area contributed by atoms with Crippen LogP contribution in [0.2, 0.25) is 5.02 Å². The number of likely N-dealkylation sites (N-methyl/N-ethyl adjacent to an activating group) is 1. The van der Waals surface area contributed by atoms with E-state index in [2.05, 4.69) is 5.32 Å². The molecule has 2 aromatic rings. The summed E-state index contributed by atoms with van der Waals surface area (Å²) in [7, 11) is -2.84. The van der Waals surface area contributed by atoms with Crippen molar-refractivity contribution in [2.75, 3.05) is 24.2 Å². The van der Waals surface area contributed by atoms with E-state index in [1.165, 1.54) is 14.0 Å². The van der Waals surface area contributed by atoms with Crippen LogP contribution in [0.25, 0.3) is 0 Å². The third-order valence-electron chi connectivity index (χ3n) is 4.83. The molecule has 0 fully saturated rings. The van der Waals surface area contributed by atoms with E-state index in [9.17, 15) is 31.2 Å². The predicted molar refractivity (Wildman–Crippen MR) is 119 cm³/mol. The van der Waals surface area contributed by atoms with Crippen molar-refractivity contribution in [1.29, 1.82) is 0 Å². The molecule has 2 rings (SSSR count). The Balaban J connectivity index is 2.48. The number of nitrogens with one attached hydrogen (secondary N) is 1. The Morgan fingerprint density at radius 1 is 1.12 bits per heavy atom. The van der Waals surface area contributed by atoms with Crippen LogP contribution >= 0.6 is 11.6 Å². The summed E-state index contributed by atoms with van der Waals surface area (Å²) in [5, 5.41) is 2.14. The number of anilines is 1. The first-order valence-electron chi connectivity index (χ1n) is 9.65. The van der Waals surface area contributed by atoms with E-state index in [4.69, 9.17) is 11.6 Å². The van der Waals surface area contributed by atoms with E-state index in [-0.39, 0.29) is 11.6 Å². The third kappa shape index (κ3) is 6.84. The van der Waals surface area contributed by atoms with Gasteiger partial charge in [-0.15, -0.1) is 0 Å². The fourth-order valence-electron chi connectivity index (χ4n) is 3.05. The summed E-state index contributed by atoms with van der Waals surface area (Å²) in [4.78, 5) is 26.6. The minimum atomic E-state index is -4.75. The number of alkyl halides is 3. The van der Waals surface area contributed by atoms with Gasteiger partial charge in [-0.05, 0) is 30.7 Å². The first-order valence-corrected chi connectivity index (χ1v) is 11.9. The van der Waals surface area contributed by atoms with Crippen molar-refractivity contribution >= 4 is 39.1 Å². The Labute approximate surface area is 195 Å². The molecule has 0 heterocycles. The number of hydrogen-bond donors (Lipinski definition) is 1. The molecule has 1 atom stereocenters. The summed E-state index contributed by atoms with van der Waals surface area (Å²) in [6.07, 6.45) is -4.00. The van der Waals surface area contributed by atoms with Crippen LogP contribution in [0.1, 0.15) is 18.1 Å².